The molecule has 1 aromatic rings. The van der Waals surface area contributed by atoms with E-state index < -0.39 is 0 Å². The monoisotopic (exact) mass is 283 g/mol. The molecule has 0 radical (unpaired) electrons. The molecular weight excluding hydrogens is 257 g/mol. The van der Waals surface area contributed by atoms with Crippen LogP contribution in [0.25, 0.3) is 0 Å². The summed E-state index contributed by atoms with van der Waals surface area (Å²) < 4.78 is 23.6. The first-order valence-electron chi connectivity index (χ1n) is 7.23. The van der Waals surface area contributed by atoms with Gasteiger partial charge in [-0.15, -0.1) is 0 Å². The molecule has 1 unspecified atom stereocenters. The molecule has 0 aromatic heterocycles. The molecule has 1 atom stereocenters. The van der Waals surface area contributed by atoms with Gasteiger partial charge in [-0.05, 0) is 43.0 Å². The van der Waals surface area contributed by atoms with Gasteiger partial charge in [0.1, 0.15) is 0 Å². The van der Waals surface area contributed by atoms with Gasteiger partial charge in [-0.2, -0.15) is 0 Å². The highest BCUT2D eigenvalue weighted by Gasteiger charge is 2.11. The zero-order valence-corrected chi connectivity index (χ0v) is 12.7. The standard InChI is InChI=1S/C16H26FNO2/c1-4-5-14(12-18-8-9-19-2)10-13-6-7-16(20-3)15(17)11-13/h6-7,11,14,18H,4-5,8-10,12H2,1-3H3. The maximum atomic E-state index is 13.7. The topological polar surface area (TPSA) is 30.5 Å². The summed E-state index contributed by atoms with van der Waals surface area (Å²) in [6.45, 7) is 4.69. The van der Waals surface area contributed by atoms with Gasteiger partial charge >= 0.3 is 0 Å². The number of benzene rings is 1. The lowest BCUT2D eigenvalue weighted by molar-refractivity contribution is 0.197. The third-order valence-corrected chi connectivity index (χ3v) is 3.35. The third-order valence-electron chi connectivity index (χ3n) is 3.35. The predicted molar refractivity (Wildman–Crippen MR) is 79.8 cm³/mol. The molecular formula is C16H26FNO2. The van der Waals surface area contributed by atoms with E-state index in [-0.39, 0.29) is 5.82 Å². The Labute approximate surface area is 121 Å². The number of ether oxygens (including phenoxy) is 2. The van der Waals surface area contributed by atoms with Crippen molar-refractivity contribution in [2.45, 2.75) is 26.2 Å². The van der Waals surface area contributed by atoms with E-state index in [1.165, 1.54) is 7.11 Å². The van der Waals surface area contributed by atoms with Gasteiger partial charge in [0.05, 0.1) is 13.7 Å². The number of halogens is 1. The Balaban J connectivity index is 2.53. The summed E-state index contributed by atoms with van der Waals surface area (Å²) in [6, 6.07) is 5.22. The summed E-state index contributed by atoms with van der Waals surface area (Å²) >= 11 is 0. The zero-order valence-electron chi connectivity index (χ0n) is 12.7. The quantitative estimate of drug-likeness (QED) is 0.670. The van der Waals surface area contributed by atoms with E-state index >= 15 is 0 Å². The van der Waals surface area contributed by atoms with Crippen molar-refractivity contribution >= 4 is 0 Å². The predicted octanol–water partition coefficient (Wildman–Crippen LogP) is 3.03. The van der Waals surface area contributed by atoms with E-state index in [0.29, 0.717) is 11.7 Å². The van der Waals surface area contributed by atoms with Crippen molar-refractivity contribution in [3.8, 4) is 5.75 Å². The summed E-state index contributed by atoms with van der Waals surface area (Å²) in [5.41, 5.74) is 1.02. The van der Waals surface area contributed by atoms with Crippen LogP contribution in [0.15, 0.2) is 18.2 Å². The van der Waals surface area contributed by atoms with Crippen molar-refractivity contribution in [3.63, 3.8) is 0 Å². The fourth-order valence-corrected chi connectivity index (χ4v) is 2.34. The van der Waals surface area contributed by atoms with Crippen molar-refractivity contribution in [1.29, 1.82) is 0 Å². The van der Waals surface area contributed by atoms with Crippen LogP contribution in [0.1, 0.15) is 25.3 Å². The largest absolute Gasteiger partial charge is 0.494 e. The highest BCUT2D eigenvalue weighted by molar-refractivity contribution is 5.29. The molecule has 0 saturated carbocycles. The van der Waals surface area contributed by atoms with E-state index in [2.05, 4.69) is 12.2 Å². The lowest BCUT2D eigenvalue weighted by Crippen LogP contribution is -2.27. The Hall–Kier alpha value is -1.13. The van der Waals surface area contributed by atoms with Crippen LogP contribution < -0.4 is 10.1 Å². The summed E-state index contributed by atoms with van der Waals surface area (Å²) in [4.78, 5) is 0. The molecule has 1 N–H and O–H groups in total. The van der Waals surface area contributed by atoms with Gasteiger partial charge in [0, 0.05) is 13.7 Å². The van der Waals surface area contributed by atoms with Crippen LogP contribution >= 0.6 is 0 Å². The van der Waals surface area contributed by atoms with Crippen LogP contribution in [0, 0.1) is 11.7 Å². The average Bonchev–Trinajstić information content (AvgIpc) is 2.44. The number of methoxy groups -OCH3 is 2. The van der Waals surface area contributed by atoms with Gasteiger partial charge in [-0.1, -0.05) is 19.4 Å². The molecule has 1 aromatic carbocycles. The van der Waals surface area contributed by atoms with Crippen molar-refractivity contribution in [3.05, 3.63) is 29.6 Å². The molecule has 3 nitrogen and oxygen atoms in total. The molecule has 0 aliphatic rings. The minimum absolute atomic E-state index is 0.285. The Morgan fingerprint density at radius 3 is 2.70 bits per heavy atom. The minimum atomic E-state index is -0.285. The van der Waals surface area contributed by atoms with Crippen LogP contribution in [0.2, 0.25) is 0 Å². The Kier molecular flexibility index (Phi) is 8.23. The highest BCUT2D eigenvalue weighted by Crippen LogP contribution is 2.21. The smallest absolute Gasteiger partial charge is 0.165 e. The molecule has 114 valence electrons. The first-order valence-corrected chi connectivity index (χ1v) is 7.23. The van der Waals surface area contributed by atoms with Crippen molar-refractivity contribution in [2.24, 2.45) is 5.92 Å². The van der Waals surface area contributed by atoms with E-state index in [1.807, 2.05) is 6.07 Å². The SMILES string of the molecule is CCCC(CNCCOC)Cc1ccc(OC)c(F)c1. The van der Waals surface area contributed by atoms with Crippen LogP contribution in [-0.2, 0) is 11.2 Å². The average molecular weight is 283 g/mol. The first-order chi connectivity index (χ1) is 9.71. The van der Waals surface area contributed by atoms with E-state index in [1.54, 1.807) is 19.2 Å². The van der Waals surface area contributed by atoms with Gasteiger partial charge in [0.25, 0.3) is 0 Å². The second kappa shape index (κ2) is 9.72. The second-order valence-electron chi connectivity index (χ2n) is 5.02. The zero-order chi connectivity index (χ0) is 14.8. The molecule has 4 heteroatoms. The minimum Gasteiger partial charge on any atom is -0.494 e. The van der Waals surface area contributed by atoms with Crippen LogP contribution in [0.3, 0.4) is 0 Å². The second-order valence-corrected chi connectivity index (χ2v) is 5.02. The van der Waals surface area contributed by atoms with E-state index in [9.17, 15) is 4.39 Å². The summed E-state index contributed by atoms with van der Waals surface area (Å²) in [5.74, 6) is 0.538. The van der Waals surface area contributed by atoms with Crippen molar-refractivity contribution < 1.29 is 13.9 Å². The number of hydrogen-bond donors (Lipinski definition) is 1. The van der Waals surface area contributed by atoms with Gasteiger partial charge in [-0.3, -0.25) is 0 Å². The van der Waals surface area contributed by atoms with Crippen molar-refractivity contribution in [1.82, 2.24) is 5.32 Å². The maximum Gasteiger partial charge on any atom is 0.165 e. The maximum absolute atomic E-state index is 13.7. The van der Waals surface area contributed by atoms with Crippen LogP contribution in [-0.4, -0.2) is 33.9 Å². The Bertz CT molecular complexity index is 385. The number of hydrogen-bond acceptors (Lipinski definition) is 3. The summed E-state index contributed by atoms with van der Waals surface area (Å²) in [5, 5.41) is 3.39. The van der Waals surface area contributed by atoms with Gasteiger partial charge in [0.2, 0.25) is 0 Å². The van der Waals surface area contributed by atoms with Gasteiger partial charge < -0.3 is 14.8 Å². The lowest BCUT2D eigenvalue weighted by atomic mass is 9.95. The summed E-state index contributed by atoms with van der Waals surface area (Å²) in [7, 11) is 3.18. The number of rotatable bonds is 10. The van der Waals surface area contributed by atoms with Crippen molar-refractivity contribution in [2.75, 3.05) is 33.9 Å². The lowest BCUT2D eigenvalue weighted by Gasteiger charge is -2.17. The number of nitrogens with one attached hydrogen (secondary N) is 1. The van der Waals surface area contributed by atoms with E-state index in [0.717, 1.165) is 44.5 Å². The molecule has 0 aliphatic carbocycles. The fraction of sp³-hybridized carbons (Fsp3) is 0.625. The van der Waals surface area contributed by atoms with E-state index in [4.69, 9.17) is 9.47 Å². The molecule has 0 aliphatic heterocycles. The van der Waals surface area contributed by atoms with Gasteiger partial charge in [-0.25, -0.2) is 4.39 Å². The fourth-order valence-electron chi connectivity index (χ4n) is 2.34. The highest BCUT2D eigenvalue weighted by atomic mass is 19.1. The molecule has 0 bridgehead atoms. The van der Waals surface area contributed by atoms with Gasteiger partial charge in [0.15, 0.2) is 11.6 Å². The molecule has 1 rings (SSSR count). The van der Waals surface area contributed by atoms with Crippen LogP contribution in [0.5, 0.6) is 5.75 Å². The third kappa shape index (κ3) is 5.88. The normalized spacial score (nSPS) is 12.4. The molecule has 0 amide bonds. The molecule has 0 spiro atoms. The Morgan fingerprint density at radius 1 is 1.30 bits per heavy atom. The molecule has 20 heavy (non-hydrogen) atoms. The molecule has 0 heterocycles. The van der Waals surface area contributed by atoms with Crippen LogP contribution in [0.4, 0.5) is 4.39 Å². The molecule has 0 saturated heterocycles. The molecule has 0 fully saturated rings. The Morgan fingerprint density at radius 2 is 2.10 bits per heavy atom. The summed E-state index contributed by atoms with van der Waals surface area (Å²) in [6.07, 6.45) is 3.15. The first kappa shape index (κ1) is 16.9.